The largest absolute Gasteiger partial charge is 0.497 e. The molecule has 1 aliphatic rings. The van der Waals surface area contributed by atoms with Crippen molar-refractivity contribution < 1.29 is 9.47 Å². The van der Waals surface area contributed by atoms with Gasteiger partial charge in [0.05, 0.1) is 26.0 Å². The van der Waals surface area contributed by atoms with Crippen molar-refractivity contribution in [3.8, 4) is 11.5 Å². The molecule has 0 fully saturated rings. The van der Waals surface area contributed by atoms with Gasteiger partial charge in [0.15, 0.2) is 5.82 Å². The SMILES string of the molecule is COc1cccc(C2=NN(c3ncnc4c(OC)cccc34)C(C)CC2)c1. The lowest BCUT2D eigenvalue weighted by Gasteiger charge is -2.31. The Balaban J connectivity index is 1.81. The number of rotatable bonds is 4. The van der Waals surface area contributed by atoms with Gasteiger partial charge in [-0.15, -0.1) is 0 Å². The summed E-state index contributed by atoms with van der Waals surface area (Å²) in [6.07, 6.45) is 3.48. The van der Waals surface area contributed by atoms with Gasteiger partial charge in [-0.3, -0.25) is 0 Å². The first kappa shape index (κ1) is 17.3. The molecule has 0 radical (unpaired) electrons. The zero-order valence-electron chi connectivity index (χ0n) is 15.7. The second-order valence-electron chi connectivity index (χ2n) is 6.56. The van der Waals surface area contributed by atoms with E-state index in [-0.39, 0.29) is 6.04 Å². The summed E-state index contributed by atoms with van der Waals surface area (Å²) in [5, 5.41) is 7.88. The minimum absolute atomic E-state index is 0.239. The zero-order chi connectivity index (χ0) is 18.8. The van der Waals surface area contributed by atoms with Crippen molar-refractivity contribution in [1.82, 2.24) is 9.97 Å². The van der Waals surface area contributed by atoms with E-state index in [0.29, 0.717) is 0 Å². The van der Waals surface area contributed by atoms with Crippen LogP contribution in [0.2, 0.25) is 0 Å². The van der Waals surface area contributed by atoms with Crippen molar-refractivity contribution >= 4 is 22.4 Å². The summed E-state index contributed by atoms with van der Waals surface area (Å²) in [5.74, 6) is 2.36. The number of para-hydroxylation sites is 1. The fourth-order valence-corrected chi connectivity index (χ4v) is 3.40. The number of anilines is 1. The third-order valence-electron chi connectivity index (χ3n) is 4.89. The molecule has 138 valence electrons. The molecule has 2 heterocycles. The lowest BCUT2D eigenvalue weighted by atomic mass is 10.0. The van der Waals surface area contributed by atoms with E-state index in [1.807, 2.05) is 41.4 Å². The van der Waals surface area contributed by atoms with Crippen LogP contribution in [0.25, 0.3) is 10.9 Å². The second-order valence-corrected chi connectivity index (χ2v) is 6.56. The lowest BCUT2D eigenvalue weighted by molar-refractivity contribution is 0.414. The molecule has 0 bridgehead atoms. The third-order valence-corrected chi connectivity index (χ3v) is 4.89. The average molecular weight is 362 g/mol. The van der Waals surface area contributed by atoms with Crippen LogP contribution in [0.4, 0.5) is 5.82 Å². The van der Waals surface area contributed by atoms with E-state index in [1.165, 1.54) is 0 Å². The van der Waals surface area contributed by atoms with Gasteiger partial charge < -0.3 is 9.47 Å². The highest BCUT2D eigenvalue weighted by Gasteiger charge is 2.25. The molecule has 27 heavy (non-hydrogen) atoms. The minimum Gasteiger partial charge on any atom is -0.497 e. The summed E-state index contributed by atoms with van der Waals surface area (Å²) in [6, 6.07) is 14.1. The van der Waals surface area contributed by atoms with Gasteiger partial charge in [0.1, 0.15) is 23.3 Å². The Labute approximate surface area is 158 Å². The van der Waals surface area contributed by atoms with E-state index in [2.05, 4.69) is 23.0 Å². The standard InChI is InChI=1S/C21H22N4O2/c1-14-10-11-18(15-6-4-7-16(12-15)26-2)24-25(14)21-17-8-5-9-19(27-3)20(17)22-13-23-21/h4-9,12-14H,10-11H2,1-3H3. The molecule has 6 nitrogen and oxygen atoms in total. The van der Waals surface area contributed by atoms with Crippen LogP contribution in [0.15, 0.2) is 53.9 Å². The highest BCUT2D eigenvalue weighted by atomic mass is 16.5. The molecule has 0 amide bonds. The number of benzene rings is 2. The molecule has 0 aliphatic carbocycles. The topological polar surface area (TPSA) is 59.8 Å². The fraction of sp³-hybridized carbons (Fsp3) is 0.286. The third kappa shape index (κ3) is 3.18. The smallest absolute Gasteiger partial charge is 0.160 e. The van der Waals surface area contributed by atoms with E-state index in [9.17, 15) is 0 Å². The molecule has 0 N–H and O–H groups in total. The van der Waals surface area contributed by atoms with Crippen LogP contribution >= 0.6 is 0 Å². The number of methoxy groups -OCH3 is 2. The summed E-state index contributed by atoms with van der Waals surface area (Å²) >= 11 is 0. The maximum absolute atomic E-state index is 5.45. The van der Waals surface area contributed by atoms with Crippen LogP contribution in [0, 0.1) is 0 Å². The molecule has 0 spiro atoms. The maximum Gasteiger partial charge on any atom is 0.160 e. The molecular formula is C21H22N4O2. The first-order valence-electron chi connectivity index (χ1n) is 9.00. The van der Waals surface area contributed by atoms with Crippen LogP contribution in [0.5, 0.6) is 11.5 Å². The molecule has 6 heteroatoms. The Kier molecular flexibility index (Phi) is 4.62. The second kappa shape index (κ2) is 7.23. The van der Waals surface area contributed by atoms with Gasteiger partial charge in [0.25, 0.3) is 0 Å². The van der Waals surface area contributed by atoms with Gasteiger partial charge in [-0.2, -0.15) is 5.10 Å². The van der Waals surface area contributed by atoms with Gasteiger partial charge in [-0.25, -0.2) is 15.0 Å². The zero-order valence-corrected chi connectivity index (χ0v) is 15.7. The summed E-state index contributed by atoms with van der Waals surface area (Å²) in [7, 11) is 3.33. The van der Waals surface area contributed by atoms with Crippen molar-refractivity contribution in [3.63, 3.8) is 0 Å². The van der Waals surface area contributed by atoms with Crippen LogP contribution in [0.3, 0.4) is 0 Å². The Morgan fingerprint density at radius 1 is 1.04 bits per heavy atom. The van der Waals surface area contributed by atoms with E-state index in [1.54, 1.807) is 20.5 Å². The number of ether oxygens (including phenoxy) is 2. The molecule has 0 saturated heterocycles. The fourth-order valence-electron chi connectivity index (χ4n) is 3.40. The van der Waals surface area contributed by atoms with E-state index < -0.39 is 0 Å². The molecule has 2 aromatic carbocycles. The lowest BCUT2D eigenvalue weighted by Crippen LogP contribution is -2.34. The minimum atomic E-state index is 0.239. The number of hydrogen-bond acceptors (Lipinski definition) is 6. The van der Waals surface area contributed by atoms with E-state index >= 15 is 0 Å². The number of aromatic nitrogens is 2. The van der Waals surface area contributed by atoms with Crippen molar-refractivity contribution in [2.24, 2.45) is 5.10 Å². The highest BCUT2D eigenvalue weighted by Crippen LogP contribution is 2.33. The predicted molar refractivity (Wildman–Crippen MR) is 107 cm³/mol. The molecule has 1 atom stereocenters. The first-order valence-corrected chi connectivity index (χ1v) is 9.00. The molecule has 4 rings (SSSR count). The molecule has 1 unspecified atom stereocenters. The van der Waals surface area contributed by atoms with Crippen molar-refractivity contribution in [1.29, 1.82) is 0 Å². The van der Waals surface area contributed by atoms with Crippen LogP contribution in [0.1, 0.15) is 25.3 Å². The van der Waals surface area contributed by atoms with Gasteiger partial charge in [-0.05, 0) is 44.0 Å². The molecule has 1 aromatic heterocycles. The average Bonchev–Trinajstić information content (AvgIpc) is 2.73. The Hall–Kier alpha value is -3.15. The first-order chi connectivity index (χ1) is 13.2. The van der Waals surface area contributed by atoms with Gasteiger partial charge in [-0.1, -0.05) is 18.2 Å². The van der Waals surface area contributed by atoms with Crippen LogP contribution in [-0.4, -0.2) is 35.9 Å². The van der Waals surface area contributed by atoms with Crippen molar-refractivity contribution in [2.45, 2.75) is 25.8 Å². The summed E-state index contributed by atoms with van der Waals surface area (Å²) in [6.45, 7) is 2.17. The maximum atomic E-state index is 5.45. The molecular weight excluding hydrogens is 340 g/mol. The Morgan fingerprint density at radius 3 is 2.70 bits per heavy atom. The Bertz CT molecular complexity index is 1000. The number of hydrogen-bond donors (Lipinski definition) is 0. The van der Waals surface area contributed by atoms with E-state index in [0.717, 1.165) is 52.3 Å². The molecule has 1 aliphatic heterocycles. The van der Waals surface area contributed by atoms with Gasteiger partial charge >= 0.3 is 0 Å². The van der Waals surface area contributed by atoms with E-state index in [4.69, 9.17) is 14.6 Å². The Morgan fingerprint density at radius 2 is 1.89 bits per heavy atom. The number of hydrazone groups is 1. The van der Waals surface area contributed by atoms with Crippen LogP contribution in [-0.2, 0) is 0 Å². The van der Waals surface area contributed by atoms with Gasteiger partial charge in [0.2, 0.25) is 0 Å². The quantitative estimate of drug-likeness (QED) is 0.701. The summed E-state index contributed by atoms with van der Waals surface area (Å²) in [4.78, 5) is 8.95. The van der Waals surface area contributed by atoms with Gasteiger partial charge in [0, 0.05) is 10.9 Å². The highest BCUT2D eigenvalue weighted by molar-refractivity contribution is 6.02. The summed E-state index contributed by atoms with van der Waals surface area (Å²) < 4.78 is 10.8. The van der Waals surface area contributed by atoms with Crippen LogP contribution < -0.4 is 14.5 Å². The summed E-state index contributed by atoms with van der Waals surface area (Å²) in [5.41, 5.74) is 2.89. The molecule has 0 saturated carbocycles. The predicted octanol–water partition coefficient (Wildman–Crippen LogP) is 4.04. The number of nitrogens with zero attached hydrogens (tertiary/aromatic N) is 4. The molecule has 3 aromatic rings. The van der Waals surface area contributed by atoms with Crippen molar-refractivity contribution in [2.75, 3.05) is 19.2 Å². The monoisotopic (exact) mass is 362 g/mol. The van der Waals surface area contributed by atoms with Crippen molar-refractivity contribution in [3.05, 3.63) is 54.4 Å². The number of fused-ring (bicyclic) bond motifs is 1. The normalized spacial score (nSPS) is 16.9.